The van der Waals surface area contributed by atoms with Crippen LogP contribution in [0.1, 0.15) is 11.4 Å². The van der Waals surface area contributed by atoms with Crippen molar-refractivity contribution in [3.63, 3.8) is 0 Å². The van der Waals surface area contributed by atoms with Gasteiger partial charge in [0.2, 0.25) is 0 Å². The van der Waals surface area contributed by atoms with Gasteiger partial charge < -0.3 is 5.73 Å². The molecule has 0 amide bonds. The highest BCUT2D eigenvalue weighted by atomic mass is 19.4. The molecule has 0 spiro atoms. The molecule has 0 saturated heterocycles. The number of rotatable bonds is 2. The maximum atomic E-state index is 11.9. The van der Waals surface area contributed by atoms with Crippen molar-refractivity contribution in [3.8, 4) is 0 Å². The Hall–Kier alpha value is -1.11. The fraction of sp³-hybridized carbons (Fsp3) is 0.667. The smallest absolute Gasteiger partial charge is 0.325 e. The Labute approximate surface area is 72.5 Å². The molecule has 0 aliphatic rings. The van der Waals surface area contributed by atoms with Crippen LogP contribution in [0.15, 0.2) is 0 Å². The van der Waals surface area contributed by atoms with Crippen LogP contribution in [0.2, 0.25) is 0 Å². The molecule has 0 saturated carbocycles. The molecule has 0 radical (unpaired) electrons. The number of hydrogen-bond acceptors (Lipinski definition) is 3. The summed E-state index contributed by atoms with van der Waals surface area (Å²) in [6.07, 6.45) is -4.27. The highest BCUT2D eigenvalue weighted by Gasteiger charge is 2.29. The Balaban J connectivity index is 2.84. The van der Waals surface area contributed by atoms with Gasteiger partial charge in [-0.1, -0.05) is 5.21 Å². The minimum absolute atomic E-state index is 0.101. The van der Waals surface area contributed by atoms with E-state index in [-0.39, 0.29) is 6.54 Å². The summed E-state index contributed by atoms with van der Waals surface area (Å²) in [7, 11) is 0. The van der Waals surface area contributed by atoms with Crippen molar-refractivity contribution in [3.05, 3.63) is 11.4 Å². The molecule has 1 heterocycles. The number of nitrogens with zero attached hydrogens (tertiary/aromatic N) is 3. The van der Waals surface area contributed by atoms with E-state index in [1.54, 1.807) is 0 Å². The van der Waals surface area contributed by atoms with Gasteiger partial charge in [0.1, 0.15) is 6.54 Å². The molecule has 13 heavy (non-hydrogen) atoms. The molecule has 1 rings (SSSR count). The second kappa shape index (κ2) is 3.33. The number of halogens is 3. The molecule has 0 unspecified atom stereocenters. The van der Waals surface area contributed by atoms with E-state index in [9.17, 15) is 13.2 Å². The highest BCUT2D eigenvalue weighted by Crippen LogP contribution is 2.18. The van der Waals surface area contributed by atoms with Gasteiger partial charge in [0.05, 0.1) is 11.4 Å². The van der Waals surface area contributed by atoms with Crippen LogP contribution in [-0.2, 0) is 13.1 Å². The van der Waals surface area contributed by atoms with Crippen LogP contribution in [0.4, 0.5) is 13.2 Å². The molecule has 0 aliphatic carbocycles. The molecule has 2 N–H and O–H groups in total. The second-order valence-corrected chi connectivity index (χ2v) is 2.60. The third kappa shape index (κ3) is 2.41. The van der Waals surface area contributed by atoms with Gasteiger partial charge in [0.15, 0.2) is 0 Å². The predicted octanol–water partition coefficient (Wildman–Crippen LogP) is 0.608. The minimum Gasteiger partial charge on any atom is -0.325 e. The highest BCUT2D eigenvalue weighted by molar-refractivity contribution is 5.06. The van der Waals surface area contributed by atoms with E-state index in [0.29, 0.717) is 11.4 Å². The van der Waals surface area contributed by atoms with Crippen molar-refractivity contribution in [2.45, 2.75) is 26.2 Å². The summed E-state index contributed by atoms with van der Waals surface area (Å²) in [6.45, 7) is 0.490. The zero-order chi connectivity index (χ0) is 10.1. The normalized spacial score (nSPS) is 12.1. The lowest BCUT2D eigenvalue weighted by Crippen LogP contribution is -2.19. The number of aromatic nitrogens is 3. The first-order valence-corrected chi connectivity index (χ1v) is 3.60. The molecule has 74 valence electrons. The second-order valence-electron chi connectivity index (χ2n) is 2.60. The van der Waals surface area contributed by atoms with Gasteiger partial charge >= 0.3 is 6.18 Å². The first kappa shape index (κ1) is 9.97. The summed E-state index contributed by atoms with van der Waals surface area (Å²) in [5.41, 5.74) is 5.98. The Morgan fingerprint density at radius 2 is 2.08 bits per heavy atom. The average molecular weight is 194 g/mol. The summed E-state index contributed by atoms with van der Waals surface area (Å²) in [4.78, 5) is 0. The summed E-state index contributed by atoms with van der Waals surface area (Å²) in [5, 5.41) is 6.84. The van der Waals surface area contributed by atoms with Crippen LogP contribution in [-0.4, -0.2) is 21.2 Å². The third-order valence-electron chi connectivity index (χ3n) is 1.60. The molecule has 0 aromatic carbocycles. The van der Waals surface area contributed by atoms with Crippen LogP contribution in [0.5, 0.6) is 0 Å². The van der Waals surface area contributed by atoms with E-state index in [1.165, 1.54) is 6.92 Å². The van der Waals surface area contributed by atoms with Crippen molar-refractivity contribution < 1.29 is 13.2 Å². The maximum Gasteiger partial charge on any atom is 0.408 e. The summed E-state index contributed by atoms with van der Waals surface area (Å²) in [6, 6.07) is 0. The van der Waals surface area contributed by atoms with Crippen molar-refractivity contribution in [2.24, 2.45) is 5.73 Å². The lowest BCUT2D eigenvalue weighted by molar-refractivity contribution is -0.143. The first-order valence-electron chi connectivity index (χ1n) is 3.60. The average Bonchev–Trinajstić information content (AvgIpc) is 2.30. The molecular weight excluding hydrogens is 185 g/mol. The predicted molar refractivity (Wildman–Crippen MR) is 38.7 cm³/mol. The van der Waals surface area contributed by atoms with Crippen molar-refractivity contribution in [2.75, 3.05) is 0 Å². The van der Waals surface area contributed by atoms with E-state index in [4.69, 9.17) is 5.73 Å². The van der Waals surface area contributed by atoms with Crippen LogP contribution in [0.3, 0.4) is 0 Å². The largest absolute Gasteiger partial charge is 0.408 e. The standard InChI is InChI=1S/C6H9F3N4/c1-4-5(2-10)11-12-13(4)3-6(7,8)9/h2-3,10H2,1H3. The number of hydrogen-bond donors (Lipinski definition) is 1. The van der Waals surface area contributed by atoms with Gasteiger partial charge in [-0.15, -0.1) is 5.10 Å². The zero-order valence-corrected chi connectivity index (χ0v) is 6.97. The summed E-state index contributed by atoms with van der Waals surface area (Å²) in [5.74, 6) is 0. The molecule has 0 bridgehead atoms. The van der Waals surface area contributed by atoms with E-state index < -0.39 is 12.7 Å². The van der Waals surface area contributed by atoms with E-state index in [0.717, 1.165) is 4.68 Å². The number of alkyl halides is 3. The number of nitrogens with two attached hydrogens (primary N) is 1. The van der Waals surface area contributed by atoms with Crippen LogP contribution in [0.25, 0.3) is 0 Å². The van der Waals surface area contributed by atoms with Gasteiger partial charge in [-0.25, -0.2) is 4.68 Å². The van der Waals surface area contributed by atoms with Gasteiger partial charge in [0, 0.05) is 6.54 Å². The summed E-state index contributed by atoms with van der Waals surface area (Å²) < 4.78 is 36.5. The van der Waals surface area contributed by atoms with Crippen LogP contribution < -0.4 is 5.73 Å². The molecule has 7 heteroatoms. The Morgan fingerprint density at radius 3 is 2.46 bits per heavy atom. The van der Waals surface area contributed by atoms with Gasteiger partial charge in [-0.2, -0.15) is 13.2 Å². The molecular formula is C6H9F3N4. The van der Waals surface area contributed by atoms with Crippen LogP contribution in [0, 0.1) is 6.92 Å². The third-order valence-corrected chi connectivity index (χ3v) is 1.60. The molecule has 1 aromatic heterocycles. The Bertz CT molecular complexity index is 291. The van der Waals surface area contributed by atoms with E-state index >= 15 is 0 Å². The van der Waals surface area contributed by atoms with Crippen LogP contribution >= 0.6 is 0 Å². The maximum absolute atomic E-state index is 11.9. The first-order chi connectivity index (χ1) is 5.94. The SMILES string of the molecule is Cc1c(CN)nnn1CC(F)(F)F. The Morgan fingerprint density at radius 1 is 1.46 bits per heavy atom. The van der Waals surface area contributed by atoms with E-state index in [2.05, 4.69) is 10.3 Å². The zero-order valence-electron chi connectivity index (χ0n) is 6.97. The molecule has 1 aromatic rings. The quantitative estimate of drug-likeness (QED) is 0.750. The lowest BCUT2D eigenvalue weighted by atomic mass is 10.3. The monoisotopic (exact) mass is 194 g/mol. The van der Waals surface area contributed by atoms with Crippen molar-refractivity contribution in [1.29, 1.82) is 0 Å². The molecule has 0 atom stereocenters. The van der Waals surface area contributed by atoms with Gasteiger partial charge in [-0.3, -0.25) is 0 Å². The molecule has 0 fully saturated rings. The Kier molecular flexibility index (Phi) is 2.55. The van der Waals surface area contributed by atoms with Gasteiger partial charge in [0.25, 0.3) is 0 Å². The van der Waals surface area contributed by atoms with Gasteiger partial charge in [-0.05, 0) is 6.92 Å². The lowest BCUT2D eigenvalue weighted by Gasteiger charge is -2.06. The van der Waals surface area contributed by atoms with Crippen molar-refractivity contribution >= 4 is 0 Å². The molecule has 0 aliphatic heterocycles. The van der Waals surface area contributed by atoms with Crippen molar-refractivity contribution in [1.82, 2.24) is 15.0 Å². The fourth-order valence-electron chi connectivity index (χ4n) is 0.905. The fourth-order valence-corrected chi connectivity index (χ4v) is 0.905. The minimum atomic E-state index is -4.27. The molecule has 4 nitrogen and oxygen atoms in total. The summed E-state index contributed by atoms with van der Waals surface area (Å²) >= 11 is 0. The topological polar surface area (TPSA) is 56.7 Å². The van der Waals surface area contributed by atoms with E-state index in [1.807, 2.05) is 0 Å².